The minimum Gasteiger partial charge on any atom is -0.504 e. The van der Waals surface area contributed by atoms with Crippen molar-refractivity contribution in [2.24, 2.45) is 0 Å². The quantitative estimate of drug-likeness (QED) is 0.743. The van der Waals surface area contributed by atoms with Crippen molar-refractivity contribution in [2.45, 2.75) is 18.9 Å². The Morgan fingerprint density at radius 2 is 1.78 bits per heavy atom. The smallest absolute Gasteiger partial charge is 0.165 e. The normalized spacial score (nSPS) is 18.1. The first kappa shape index (κ1) is 14.2. The summed E-state index contributed by atoms with van der Waals surface area (Å²) in [6, 6.07) is 5.67. The van der Waals surface area contributed by atoms with Gasteiger partial charge in [-0.2, -0.15) is 0 Å². The van der Waals surface area contributed by atoms with E-state index in [4.69, 9.17) is 9.47 Å². The molecule has 0 bridgehead atoms. The van der Waals surface area contributed by atoms with Crippen LogP contribution in [0.15, 0.2) is 18.2 Å². The molecule has 4 rings (SSSR count). The Balaban J connectivity index is 2.04. The number of ether oxygens (including phenoxy) is 2. The first-order chi connectivity index (χ1) is 11.1. The Morgan fingerprint density at radius 3 is 2.52 bits per heavy atom. The predicted octanol–water partition coefficient (Wildman–Crippen LogP) is 2.52. The summed E-state index contributed by atoms with van der Waals surface area (Å²) >= 11 is 0. The molecule has 2 aromatic carbocycles. The van der Waals surface area contributed by atoms with Crippen LogP contribution in [0.1, 0.15) is 22.7 Å². The first-order valence-corrected chi connectivity index (χ1v) is 7.70. The van der Waals surface area contributed by atoms with E-state index < -0.39 is 0 Å². The van der Waals surface area contributed by atoms with E-state index in [-0.39, 0.29) is 17.5 Å². The van der Waals surface area contributed by atoms with Crippen molar-refractivity contribution in [3.05, 3.63) is 34.9 Å². The summed E-state index contributed by atoms with van der Waals surface area (Å²) in [5, 5.41) is 24.1. The van der Waals surface area contributed by atoms with Crippen molar-refractivity contribution in [2.75, 3.05) is 20.8 Å². The molecule has 1 aliphatic heterocycles. The van der Waals surface area contributed by atoms with E-state index in [9.17, 15) is 10.2 Å². The van der Waals surface area contributed by atoms with Gasteiger partial charge in [0.15, 0.2) is 23.0 Å². The molecule has 23 heavy (non-hydrogen) atoms. The van der Waals surface area contributed by atoms with Crippen molar-refractivity contribution in [3.63, 3.8) is 0 Å². The van der Waals surface area contributed by atoms with Gasteiger partial charge < -0.3 is 25.0 Å². The molecule has 0 saturated carbocycles. The maximum absolute atomic E-state index is 10.5. The summed E-state index contributed by atoms with van der Waals surface area (Å²) in [4.78, 5) is 0. The van der Waals surface area contributed by atoms with Crippen LogP contribution in [0.5, 0.6) is 23.0 Å². The molecule has 5 heteroatoms. The summed E-state index contributed by atoms with van der Waals surface area (Å²) in [6.45, 7) is 0.865. The van der Waals surface area contributed by atoms with Crippen LogP contribution in [0.25, 0.3) is 11.1 Å². The van der Waals surface area contributed by atoms with Crippen LogP contribution in [0, 0.1) is 0 Å². The molecule has 0 aromatic heterocycles. The molecular formula is C18H19NO4. The zero-order valence-electron chi connectivity index (χ0n) is 13.1. The number of hydrogen-bond acceptors (Lipinski definition) is 5. The number of aromatic hydroxyl groups is 2. The van der Waals surface area contributed by atoms with Gasteiger partial charge in [0.05, 0.1) is 14.2 Å². The highest BCUT2D eigenvalue weighted by Gasteiger charge is 2.33. The van der Waals surface area contributed by atoms with Gasteiger partial charge in [0.1, 0.15) is 0 Å². The number of rotatable bonds is 2. The fraction of sp³-hybridized carbons (Fsp3) is 0.333. The van der Waals surface area contributed by atoms with Crippen LogP contribution < -0.4 is 14.8 Å². The van der Waals surface area contributed by atoms with Crippen molar-refractivity contribution >= 4 is 0 Å². The maximum Gasteiger partial charge on any atom is 0.165 e. The lowest BCUT2D eigenvalue weighted by atomic mass is 9.77. The van der Waals surface area contributed by atoms with Crippen LogP contribution in [0.3, 0.4) is 0 Å². The van der Waals surface area contributed by atoms with Crippen molar-refractivity contribution in [3.8, 4) is 34.1 Å². The van der Waals surface area contributed by atoms with Crippen molar-refractivity contribution in [1.82, 2.24) is 5.32 Å². The fourth-order valence-corrected chi connectivity index (χ4v) is 3.80. The topological polar surface area (TPSA) is 71.0 Å². The molecule has 5 nitrogen and oxygen atoms in total. The van der Waals surface area contributed by atoms with E-state index in [1.165, 1.54) is 0 Å². The molecule has 0 spiro atoms. The van der Waals surface area contributed by atoms with Crippen molar-refractivity contribution < 1.29 is 19.7 Å². The van der Waals surface area contributed by atoms with Crippen molar-refractivity contribution in [1.29, 1.82) is 0 Å². The van der Waals surface area contributed by atoms with Crippen LogP contribution in [-0.2, 0) is 12.8 Å². The van der Waals surface area contributed by atoms with E-state index >= 15 is 0 Å². The number of fused-ring (bicyclic) bond motifs is 2. The lowest BCUT2D eigenvalue weighted by molar-refractivity contribution is 0.354. The number of phenols is 2. The lowest BCUT2D eigenvalue weighted by Crippen LogP contribution is -2.33. The average Bonchev–Trinajstić information content (AvgIpc) is 2.57. The molecule has 0 unspecified atom stereocenters. The first-order valence-electron chi connectivity index (χ1n) is 7.70. The molecule has 1 aliphatic carbocycles. The molecule has 2 aliphatic rings. The highest BCUT2D eigenvalue weighted by atomic mass is 16.5. The van der Waals surface area contributed by atoms with Gasteiger partial charge in [-0.05, 0) is 59.8 Å². The molecule has 0 radical (unpaired) electrons. The Morgan fingerprint density at radius 1 is 1.04 bits per heavy atom. The summed E-state index contributed by atoms with van der Waals surface area (Å²) in [5.41, 5.74) is 4.86. The molecule has 1 atom stereocenters. The SMILES string of the molecule is COc1cc2c(cc1OC)-c1c(O)c(O)cc3c1[C@@H](C2)NCC3. The van der Waals surface area contributed by atoms with Gasteiger partial charge in [-0.25, -0.2) is 0 Å². The highest BCUT2D eigenvalue weighted by molar-refractivity contribution is 5.84. The summed E-state index contributed by atoms with van der Waals surface area (Å²) < 4.78 is 10.8. The third kappa shape index (κ3) is 1.96. The van der Waals surface area contributed by atoms with Gasteiger partial charge in [0, 0.05) is 11.6 Å². The van der Waals surface area contributed by atoms with Gasteiger partial charge in [0.2, 0.25) is 0 Å². The molecule has 120 valence electrons. The summed E-state index contributed by atoms with van der Waals surface area (Å²) in [5.74, 6) is 1.16. The van der Waals surface area contributed by atoms with Crippen LogP contribution in [0.4, 0.5) is 0 Å². The Kier molecular flexibility index (Phi) is 3.13. The van der Waals surface area contributed by atoms with E-state index in [2.05, 4.69) is 5.32 Å². The van der Waals surface area contributed by atoms with Gasteiger partial charge in [-0.15, -0.1) is 0 Å². The lowest BCUT2D eigenvalue weighted by Gasteiger charge is -2.35. The molecule has 1 heterocycles. The zero-order chi connectivity index (χ0) is 16.1. The van der Waals surface area contributed by atoms with Gasteiger partial charge in [0.25, 0.3) is 0 Å². The zero-order valence-corrected chi connectivity index (χ0v) is 13.1. The standard InChI is InChI=1S/C18H19NO4/c1-22-14-7-10-5-12-16-9(3-4-19-12)6-13(20)18(21)17(16)11(10)8-15(14)23-2/h6-8,12,19-21H,3-5H2,1-2H3/t12-/m1/s1. The van der Waals surface area contributed by atoms with Crippen LogP contribution in [-0.4, -0.2) is 31.0 Å². The van der Waals surface area contributed by atoms with Gasteiger partial charge in [-0.1, -0.05) is 0 Å². The Hall–Kier alpha value is -2.40. The van der Waals surface area contributed by atoms with Gasteiger partial charge >= 0.3 is 0 Å². The molecular weight excluding hydrogens is 294 g/mol. The number of methoxy groups -OCH3 is 2. The summed E-state index contributed by atoms with van der Waals surface area (Å²) in [7, 11) is 3.20. The van der Waals surface area contributed by atoms with Gasteiger partial charge in [-0.3, -0.25) is 0 Å². The highest BCUT2D eigenvalue weighted by Crippen LogP contribution is 2.51. The molecule has 0 amide bonds. The third-order valence-corrected chi connectivity index (χ3v) is 4.84. The van der Waals surface area contributed by atoms with E-state index in [1.54, 1.807) is 20.3 Å². The van der Waals surface area contributed by atoms with E-state index in [0.29, 0.717) is 17.1 Å². The number of nitrogens with one attached hydrogen (secondary N) is 1. The van der Waals surface area contributed by atoms with E-state index in [0.717, 1.165) is 41.6 Å². The third-order valence-electron chi connectivity index (χ3n) is 4.84. The van der Waals surface area contributed by atoms with Crippen LogP contribution >= 0.6 is 0 Å². The van der Waals surface area contributed by atoms with E-state index in [1.807, 2.05) is 12.1 Å². The predicted molar refractivity (Wildman–Crippen MR) is 86.5 cm³/mol. The minimum atomic E-state index is -0.0676. The molecule has 0 saturated heterocycles. The molecule has 0 fully saturated rings. The molecule has 2 aromatic rings. The second-order valence-electron chi connectivity index (χ2n) is 6.02. The Labute approximate surface area is 134 Å². The average molecular weight is 313 g/mol. The minimum absolute atomic E-state index is 0.0642. The largest absolute Gasteiger partial charge is 0.504 e. The fourth-order valence-electron chi connectivity index (χ4n) is 3.80. The monoisotopic (exact) mass is 313 g/mol. The van der Waals surface area contributed by atoms with Crippen LogP contribution in [0.2, 0.25) is 0 Å². The number of benzene rings is 2. The second-order valence-corrected chi connectivity index (χ2v) is 6.02. The Bertz CT molecular complexity index is 800. The molecule has 3 N–H and O–H groups in total. The second kappa shape index (κ2) is 5.06. The summed E-state index contributed by atoms with van der Waals surface area (Å²) in [6.07, 6.45) is 1.66. The number of phenolic OH excluding ortho intramolecular Hbond substituents is 2. The number of hydrogen-bond donors (Lipinski definition) is 3. The maximum atomic E-state index is 10.5.